The Kier molecular flexibility index (Phi) is 5.81. The number of nitrogens with one attached hydrogen (secondary N) is 1. The first-order chi connectivity index (χ1) is 14.6. The van der Waals surface area contributed by atoms with Gasteiger partial charge in [0.05, 0.1) is 24.4 Å². The highest BCUT2D eigenvalue weighted by Crippen LogP contribution is 2.33. The molecule has 1 fully saturated rings. The van der Waals surface area contributed by atoms with Crippen LogP contribution in [0.15, 0.2) is 48.5 Å². The predicted octanol–water partition coefficient (Wildman–Crippen LogP) is 2.21. The van der Waals surface area contributed by atoms with Crippen LogP contribution in [0, 0.1) is 0 Å². The largest absolute Gasteiger partial charge is 0.383 e. The smallest absolute Gasteiger partial charge is 0.256 e. The van der Waals surface area contributed by atoms with Gasteiger partial charge in [-0.1, -0.05) is 30.3 Å². The molecule has 7 nitrogen and oxygen atoms in total. The Morgan fingerprint density at radius 2 is 1.90 bits per heavy atom. The van der Waals surface area contributed by atoms with Gasteiger partial charge in [-0.05, 0) is 36.6 Å². The van der Waals surface area contributed by atoms with E-state index in [0.29, 0.717) is 42.9 Å². The van der Waals surface area contributed by atoms with Crippen molar-refractivity contribution in [2.24, 2.45) is 0 Å². The zero-order valence-electron chi connectivity index (χ0n) is 17.0. The fourth-order valence-corrected chi connectivity index (χ4v) is 4.18. The van der Waals surface area contributed by atoms with Crippen molar-refractivity contribution in [3.8, 4) is 0 Å². The van der Waals surface area contributed by atoms with Gasteiger partial charge in [0.15, 0.2) is 0 Å². The lowest BCUT2D eigenvalue weighted by atomic mass is 10.0. The van der Waals surface area contributed by atoms with Crippen LogP contribution < -0.4 is 10.2 Å². The summed E-state index contributed by atoms with van der Waals surface area (Å²) in [6, 6.07) is 14.0. The number of rotatable bonds is 6. The Hall–Kier alpha value is -3.19. The predicted molar refractivity (Wildman–Crippen MR) is 112 cm³/mol. The van der Waals surface area contributed by atoms with Crippen LogP contribution >= 0.6 is 0 Å². The molecule has 0 spiro atoms. The Labute approximate surface area is 175 Å². The number of hydrogen-bond donors (Lipinski definition) is 1. The summed E-state index contributed by atoms with van der Waals surface area (Å²) in [6.45, 7) is 1.64. The molecule has 30 heavy (non-hydrogen) atoms. The van der Waals surface area contributed by atoms with E-state index in [2.05, 4.69) is 5.32 Å². The maximum absolute atomic E-state index is 13.4. The molecule has 1 atom stereocenters. The van der Waals surface area contributed by atoms with Gasteiger partial charge in [0, 0.05) is 25.8 Å². The maximum atomic E-state index is 13.4. The van der Waals surface area contributed by atoms with Crippen molar-refractivity contribution in [1.29, 1.82) is 0 Å². The van der Waals surface area contributed by atoms with Crippen LogP contribution in [0.5, 0.6) is 0 Å². The van der Waals surface area contributed by atoms with E-state index in [1.807, 2.05) is 24.3 Å². The average molecular weight is 407 g/mol. The molecule has 0 saturated carbocycles. The van der Waals surface area contributed by atoms with E-state index in [9.17, 15) is 14.4 Å². The number of para-hydroxylation sites is 1. The number of anilines is 1. The number of carbonyl (C=O) groups excluding carboxylic acids is 3. The molecule has 2 aromatic carbocycles. The van der Waals surface area contributed by atoms with Crippen molar-refractivity contribution < 1.29 is 19.1 Å². The Morgan fingerprint density at radius 1 is 1.13 bits per heavy atom. The fraction of sp³-hybridized carbons (Fsp3) is 0.348. The van der Waals surface area contributed by atoms with Crippen molar-refractivity contribution in [1.82, 2.24) is 10.2 Å². The normalized spacial score (nSPS) is 18.1. The molecular formula is C23H25N3O4. The van der Waals surface area contributed by atoms with Crippen molar-refractivity contribution in [2.75, 3.05) is 31.7 Å². The minimum atomic E-state index is -0.451. The number of nitrogens with zero attached hydrogens (tertiary/aromatic N) is 2. The summed E-state index contributed by atoms with van der Waals surface area (Å²) < 4.78 is 4.99. The third-order valence-corrected chi connectivity index (χ3v) is 5.67. The first-order valence-electron chi connectivity index (χ1n) is 10.2. The van der Waals surface area contributed by atoms with Gasteiger partial charge in [-0.2, -0.15) is 0 Å². The van der Waals surface area contributed by atoms with Crippen LogP contribution in [0.4, 0.5) is 5.69 Å². The highest BCUT2D eigenvalue weighted by Gasteiger charge is 2.42. The molecule has 1 N–H and O–H groups in total. The van der Waals surface area contributed by atoms with Gasteiger partial charge in [0.1, 0.15) is 6.04 Å². The van der Waals surface area contributed by atoms with Gasteiger partial charge >= 0.3 is 0 Å². The summed E-state index contributed by atoms with van der Waals surface area (Å²) in [7, 11) is 1.58. The average Bonchev–Trinajstić information content (AvgIpc) is 3.24. The first-order valence-corrected chi connectivity index (χ1v) is 10.2. The summed E-state index contributed by atoms with van der Waals surface area (Å²) in [5, 5.41) is 2.83. The van der Waals surface area contributed by atoms with E-state index >= 15 is 0 Å². The quantitative estimate of drug-likeness (QED) is 0.745. The molecular weight excluding hydrogens is 382 g/mol. The highest BCUT2D eigenvalue weighted by molar-refractivity contribution is 6.11. The van der Waals surface area contributed by atoms with Crippen molar-refractivity contribution in [3.63, 3.8) is 0 Å². The molecule has 2 heterocycles. The van der Waals surface area contributed by atoms with E-state index in [1.165, 1.54) is 0 Å². The lowest BCUT2D eigenvalue weighted by Gasteiger charge is -2.26. The third kappa shape index (κ3) is 3.68. The van der Waals surface area contributed by atoms with E-state index in [1.54, 1.807) is 41.2 Å². The molecule has 156 valence electrons. The summed E-state index contributed by atoms with van der Waals surface area (Å²) in [4.78, 5) is 42.5. The number of carbonyl (C=O) groups is 3. The Balaban J connectivity index is 1.69. The zero-order valence-corrected chi connectivity index (χ0v) is 17.0. The molecule has 2 aliphatic rings. The molecule has 0 aliphatic carbocycles. The van der Waals surface area contributed by atoms with Gasteiger partial charge in [0.2, 0.25) is 5.91 Å². The van der Waals surface area contributed by atoms with Gasteiger partial charge in [-0.3, -0.25) is 14.4 Å². The standard InChI is InChI=1S/C23H25N3O4/c1-30-14-12-24-21(27)17-8-3-2-7-16(17)15-26-19-10-5-4-9-18(19)22(28)25-13-6-11-20(25)23(26)29/h2-5,7-10,20H,6,11-15H2,1H3,(H,24,27). The first kappa shape index (κ1) is 20.1. The number of amides is 3. The molecule has 2 aromatic rings. The van der Waals surface area contributed by atoms with E-state index in [0.717, 1.165) is 12.0 Å². The number of benzene rings is 2. The molecule has 2 aliphatic heterocycles. The van der Waals surface area contributed by atoms with Gasteiger partial charge in [-0.15, -0.1) is 0 Å². The zero-order chi connectivity index (χ0) is 21.1. The summed E-state index contributed by atoms with van der Waals surface area (Å²) in [5.41, 5.74) is 2.36. The number of hydrogen-bond acceptors (Lipinski definition) is 4. The Morgan fingerprint density at radius 3 is 2.73 bits per heavy atom. The van der Waals surface area contributed by atoms with E-state index in [-0.39, 0.29) is 24.3 Å². The van der Waals surface area contributed by atoms with Crippen LogP contribution in [0.25, 0.3) is 0 Å². The third-order valence-electron chi connectivity index (χ3n) is 5.67. The van der Waals surface area contributed by atoms with Gasteiger partial charge < -0.3 is 19.9 Å². The monoisotopic (exact) mass is 407 g/mol. The molecule has 7 heteroatoms. The van der Waals surface area contributed by atoms with Crippen LogP contribution in [-0.4, -0.2) is 55.5 Å². The van der Waals surface area contributed by atoms with E-state index < -0.39 is 6.04 Å². The molecule has 3 amide bonds. The SMILES string of the molecule is COCCNC(=O)c1ccccc1CN1C(=O)C2CCCN2C(=O)c2ccccc21. The number of ether oxygens (including phenoxy) is 1. The van der Waals surface area contributed by atoms with Crippen LogP contribution in [-0.2, 0) is 16.1 Å². The van der Waals surface area contributed by atoms with E-state index in [4.69, 9.17) is 4.74 Å². The van der Waals surface area contributed by atoms with Crippen molar-refractivity contribution >= 4 is 23.4 Å². The van der Waals surface area contributed by atoms with Crippen LogP contribution in [0.1, 0.15) is 39.1 Å². The highest BCUT2D eigenvalue weighted by atomic mass is 16.5. The number of fused-ring (bicyclic) bond motifs is 2. The number of methoxy groups -OCH3 is 1. The molecule has 1 saturated heterocycles. The maximum Gasteiger partial charge on any atom is 0.256 e. The molecule has 0 aromatic heterocycles. The minimum Gasteiger partial charge on any atom is -0.383 e. The lowest BCUT2D eigenvalue weighted by Crippen LogP contribution is -2.44. The fourth-order valence-electron chi connectivity index (χ4n) is 4.18. The lowest BCUT2D eigenvalue weighted by molar-refractivity contribution is -0.122. The van der Waals surface area contributed by atoms with Gasteiger partial charge in [0.25, 0.3) is 11.8 Å². The van der Waals surface area contributed by atoms with Gasteiger partial charge in [-0.25, -0.2) is 0 Å². The Bertz CT molecular complexity index is 974. The summed E-state index contributed by atoms with van der Waals surface area (Å²) >= 11 is 0. The van der Waals surface area contributed by atoms with Crippen LogP contribution in [0.2, 0.25) is 0 Å². The molecule has 1 unspecified atom stereocenters. The second kappa shape index (κ2) is 8.67. The summed E-state index contributed by atoms with van der Waals surface area (Å²) in [6.07, 6.45) is 1.48. The van der Waals surface area contributed by atoms with Crippen molar-refractivity contribution in [2.45, 2.75) is 25.4 Å². The second-order valence-electron chi connectivity index (χ2n) is 7.50. The molecule has 0 bridgehead atoms. The molecule has 4 rings (SSSR count). The second-order valence-corrected chi connectivity index (χ2v) is 7.50. The molecule has 0 radical (unpaired) electrons. The summed E-state index contributed by atoms with van der Waals surface area (Å²) in [5.74, 6) is -0.410. The topological polar surface area (TPSA) is 79.0 Å². The van der Waals surface area contributed by atoms with Crippen LogP contribution in [0.3, 0.4) is 0 Å². The van der Waals surface area contributed by atoms with Crippen molar-refractivity contribution in [3.05, 3.63) is 65.2 Å². The minimum absolute atomic E-state index is 0.0969.